The lowest BCUT2D eigenvalue weighted by atomic mass is 10.2. The summed E-state index contributed by atoms with van der Waals surface area (Å²) >= 11 is 0. The van der Waals surface area contributed by atoms with Crippen LogP contribution in [0.5, 0.6) is 0 Å². The summed E-state index contributed by atoms with van der Waals surface area (Å²) in [4.78, 5) is 0. The van der Waals surface area contributed by atoms with Gasteiger partial charge in [-0.15, -0.1) is 0 Å². The molecule has 1 heterocycles. The Bertz CT molecular complexity index is 322. The van der Waals surface area contributed by atoms with Gasteiger partial charge in [-0.2, -0.15) is 0 Å². The second-order valence-electron chi connectivity index (χ2n) is 3.46. The number of nitrogens with one attached hydrogen (secondary N) is 2. The van der Waals surface area contributed by atoms with Gasteiger partial charge in [-0.25, -0.2) is 8.78 Å². The van der Waals surface area contributed by atoms with Crippen LogP contribution < -0.4 is 10.6 Å². The molecule has 0 bridgehead atoms. The zero-order valence-electron chi connectivity index (χ0n) is 7.69. The molecule has 14 heavy (non-hydrogen) atoms. The average molecular weight is 198 g/mol. The number of halogens is 2. The monoisotopic (exact) mass is 198 g/mol. The highest BCUT2D eigenvalue weighted by molar-refractivity contribution is 5.46. The predicted molar refractivity (Wildman–Crippen MR) is 51.3 cm³/mol. The predicted octanol–water partition coefficient (Wildman–Crippen LogP) is 1.74. The quantitative estimate of drug-likeness (QED) is 0.756. The minimum Gasteiger partial charge on any atom is -0.379 e. The van der Waals surface area contributed by atoms with Crippen molar-refractivity contribution in [1.29, 1.82) is 0 Å². The molecule has 1 aromatic carbocycles. The van der Waals surface area contributed by atoms with E-state index in [4.69, 9.17) is 0 Å². The molecule has 1 unspecified atom stereocenters. The largest absolute Gasteiger partial charge is 0.379 e. The van der Waals surface area contributed by atoms with Gasteiger partial charge in [0.15, 0.2) is 0 Å². The molecule has 4 heteroatoms. The second-order valence-corrected chi connectivity index (χ2v) is 3.46. The van der Waals surface area contributed by atoms with Crippen molar-refractivity contribution >= 4 is 5.69 Å². The summed E-state index contributed by atoms with van der Waals surface area (Å²) in [5.74, 6) is -0.821. The standard InChI is InChI=1S/C10H12F2N2/c11-7-1-2-9(12)10(5-7)14-8-3-4-13-6-8/h1-2,5,8,13-14H,3-4,6H2. The van der Waals surface area contributed by atoms with Gasteiger partial charge in [-0.3, -0.25) is 0 Å². The fourth-order valence-corrected chi connectivity index (χ4v) is 1.61. The Morgan fingerprint density at radius 1 is 1.36 bits per heavy atom. The van der Waals surface area contributed by atoms with Crippen molar-refractivity contribution in [3.8, 4) is 0 Å². The second kappa shape index (κ2) is 3.92. The van der Waals surface area contributed by atoms with E-state index in [1.54, 1.807) is 0 Å². The van der Waals surface area contributed by atoms with E-state index in [1.165, 1.54) is 6.07 Å². The topological polar surface area (TPSA) is 24.1 Å². The number of rotatable bonds is 2. The molecular weight excluding hydrogens is 186 g/mol. The summed E-state index contributed by atoms with van der Waals surface area (Å²) in [7, 11) is 0. The molecule has 0 aliphatic carbocycles. The lowest BCUT2D eigenvalue weighted by molar-refractivity contribution is 0.599. The highest BCUT2D eigenvalue weighted by Gasteiger charge is 2.15. The molecule has 1 fully saturated rings. The highest BCUT2D eigenvalue weighted by Crippen LogP contribution is 2.17. The van der Waals surface area contributed by atoms with Crippen LogP contribution in [0.3, 0.4) is 0 Å². The highest BCUT2D eigenvalue weighted by atomic mass is 19.1. The third-order valence-electron chi connectivity index (χ3n) is 2.35. The first-order valence-corrected chi connectivity index (χ1v) is 4.68. The molecule has 1 aromatic rings. The van der Waals surface area contributed by atoms with E-state index in [1.807, 2.05) is 0 Å². The molecule has 1 aliphatic rings. The number of benzene rings is 1. The molecule has 0 spiro atoms. The van der Waals surface area contributed by atoms with E-state index in [9.17, 15) is 8.78 Å². The molecular formula is C10H12F2N2. The van der Waals surface area contributed by atoms with Crippen LogP contribution in [0.4, 0.5) is 14.5 Å². The fourth-order valence-electron chi connectivity index (χ4n) is 1.61. The van der Waals surface area contributed by atoms with E-state index in [0.29, 0.717) is 0 Å². The third-order valence-corrected chi connectivity index (χ3v) is 2.35. The summed E-state index contributed by atoms with van der Waals surface area (Å²) in [5.41, 5.74) is 0.249. The summed E-state index contributed by atoms with van der Waals surface area (Å²) in [6.07, 6.45) is 0.940. The first-order valence-electron chi connectivity index (χ1n) is 4.68. The lowest BCUT2D eigenvalue weighted by Crippen LogP contribution is -2.22. The first-order chi connectivity index (χ1) is 6.75. The molecule has 0 saturated carbocycles. The van der Waals surface area contributed by atoms with E-state index < -0.39 is 11.6 Å². The summed E-state index contributed by atoms with van der Waals surface area (Å²) in [6.45, 7) is 1.73. The number of anilines is 1. The maximum atomic E-state index is 13.2. The Balaban J connectivity index is 2.10. The first kappa shape index (κ1) is 9.40. The zero-order chi connectivity index (χ0) is 9.97. The molecule has 0 radical (unpaired) electrons. The van der Waals surface area contributed by atoms with Crippen LogP contribution in [0.15, 0.2) is 18.2 Å². The molecule has 1 saturated heterocycles. The molecule has 1 aliphatic heterocycles. The Morgan fingerprint density at radius 2 is 2.21 bits per heavy atom. The molecule has 76 valence electrons. The smallest absolute Gasteiger partial charge is 0.146 e. The van der Waals surface area contributed by atoms with Gasteiger partial charge in [0.1, 0.15) is 11.6 Å². The molecule has 0 aromatic heterocycles. The van der Waals surface area contributed by atoms with Gasteiger partial charge < -0.3 is 10.6 Å². The SMILES string of the molecule is Fc1ccc(F)c(NC2CCNC2)c1. The molecule has 2 nitrogen and oxygen atoms in total. The van der Waals surface area contributed by atoms with Gasteiger partial charge in [-0.05, 0) is 31.2 Å². The number of hydrogen-bond donors (Lipinski definition) is 2. The summed E-state index contributed by atoms with van der Waals surface area (Å²) < 4.78 is 26.0. The van der Waals surface area contributed by atoms with Crippen molar-refractivity contribution in [1.82, 2.24) is 5.32 Å². The van der Waals surface area contributed by atoms with Gasteiger partial charge in [0.05, 0.1) is 5.69 Å². The van der Waals surface area contributed by atoms with Crippen molar-refractivity contribution in [2.45, 2.75) is 12.5 Å². The molecule has 2 rings (SSSR count). The summed E-state index contributed by atoms with van der Waals surface area (Å²) in [5, 5.41) is 6.12. The van der Waals surface area contributed by atoms with Crippen molar-refractivity contribution in [2.75, 3.05) is 18.4 Å². The van der Waals surface area contributed by atoms with E-state index in [-0.39, 0.29) is 11.7 Å². The van der Waals surface area contributed by atoms with Crippen LogP contribution in [0.25, 0.3) is 0 Å². The average Bonchev–Trinajstić information content (AvgIpc) is 2.64. The van der Waals surface area contributed by atoms with Crippen LogP contribution in [-0.2, 0) is 0 Å². The molecule has 2 N–H and O–H groups in total. The van der Waals surface area contributed by atoms with Crippen LogP contribution in [0.2, 0.25) is 0 Å². The summed E-state index contributed by atoms with van der Waals surface area (Å²) in [6, 6.07) is 3.65. The van der Waals surface area contributed by atoms with Gasteiger partial charge >= 0.3 is 0 Å². The number of hydrogen-bond acceptors (Lipinski definition) is 2. The third kappa shape index (κ3) is 2.01. The van der Waals surface area contributed by atoms with Gasteiger partial charge in [0, 0.05) is 12.6 Å². The van der Waals surface area contributed by atoms with Crippen molar-refractivity contribution in [3.05, 3.63) is 29.8 Å². The van der Waals surface area contributed by atoms with Gasteiger partial charge in [-0.1, -0.05) is 0 Å². The van der Waals surface area contributed by atoms with E-state index >= 15 is 0 Å². The van der Waals surface area contributed by atoms with Gasteiger partial charge in [0.25, 0.3) is 0 Å². The lowest BCUT2D eigenvalue weighted by Gasteiger charge is -2.13. The van der Waals surface area contributed by atoms with Crippen LogP contribution in [0.1, 0.15) is 6.42 Å². The Morgan fingerprint density at radius 3 is 2.93 bits per heavy atom. The zero-order valence-corrected chi connectivity index (χ0v) is 7.69. The van der Waals surface area contributed by atoms with Crippen LogP contribution >= 0.6 is 0 Å². The van der Waals surface area contributed by atoms with E-state index in [0.717, 1.165) is 31.6 Å². The minimum atomic E-state index is -0.417. The van der Waals surface area contributed by atoms with Crippen molar-refractivity contribution < 1.29 is 8.78 Å². The van der Waals surface area contributed by atoms with Crippen molar-refractivity contribution in [3.63, 3.8) is 0 Å². The molecule has 0 amide bonds. The minimum absolute atomic E-state index is 0.200. The Hall–Kier alpha value is -1.16. The Kier molecular flexibility index (Phi) is 2.63. The van der Waals surface area contributed by atoms with Crippen LogP contribution in [0, 0.1) is 11.6 Å². The normalized spacial score (nSPS) is 21.1. The van der Waals surface area contributed by atoms with Crippen LogP contribution in [-0.4, -0.2) is 19.1 Å². The van der Waals surface area contributed by atoms with E-state index in [2.05, 4.69) is 10.6 Å². The van der Waals surface area contributed by atoms with Gasteiger partial charge in [0.2, 0.25) is 0 Å². The molecule has 1 atom stereocenters. The fraction of sp³-hybridized carbons (Fsp3) is 0.400. The Labute approximate surface area is 81.3 Å². The maximum Gasteiger partial charge on any atom is 0.146 e. The maximum absolute atomic E-state index is 13.2. The van der Waals surface area contributed by atoms with Crippen molar-refractivity contribution in [2.24, 2.45) is 0 Å².